The first-order valence-electron chi connectivity index (χ1n) is 9.45. The van der Waals surface area contributed by atoms with Crippen molar-refractivity contribution in [3.05, 3.63) is 36.0 Å². The fourth-order valence-electron chi connectivity index (χ4n) is 2.92. The molecule has 1 fully saturated rings. The van der Waals surface area contributed by atoms with E-state index in [4.69, 9.17) is 9.15 Å². The van der Waals surface area contributed by atoms with E-state index in [2.05, 4.69) is 20.8 Å². The largest absolute Gasteiger partial charge is 0.478 e. The summed E-state index contributed by atoms with van der Waals surface area (Å²) in [4.78, 5) is 24.1. The molecule has 156 valence electrons. The Bertz CT molecular complexity index is 856. The number of carbonyl (C=O) groups excluding carboxylic acids is 2. The van der Waals surface area contributed by atoms with Gasteiger partial charge in [-0.3, -0.25) is 10.1 Å². The lowest BCUT2D eigenvalue weighted by Crippen LogP contribution is -2.45. The zero-order valence-corrected chi connectivity index (χ0v) is 17.0. The number of hydrogen-bond donors (Lipinski definition) is 2. The third-order valence-corrected chi connectivity index (χ3v) is 5.42. The van der Waals surface area contributed by atoms with Gasteiger partial charge in [0.25, 0.3) is 11.1 Å². The molecule has 1 aromatic carbocycles. The number of halogens is 1. The second-order valence-corrected chi connectivity index (χ2v) is 8.09. The molecule has 8 nitrogen and oxygen atoms in total. The van der Waals surface area contributed by atoms with Gasteiger partial charge in [-0.1, -0.05) is 36.7 Å². The van der Waals surface area contributed by atoms with Crippen molar-refractivity contribution in [2.75, 3.05) is 0 Å². The molecule has 1 heterocycles. The summed E-state index contributed by atoms with van der Waals surface area (Å²) in [7, 11) is 0. The fourth-order valence-corrected chi connectivity index (χ4v) is 3.61. The number of rotatable bonds is 7. The molecule has 0 saturated heterocycles. The summed E-state index contributed by atoms with van der Waals surface area (Å²) in [5.74, 6) is -0.716. The summed E-state index contributed by atoms with van der Waals surface area (Å²) in [6, 6.07) is 5.65. The van der Waals surface area contributed by atoms with Crippen molar-refractivity contribution in [2.24, 2.45) is 0 Å². The van der Waals surface area contributed by atoms with E-state index in [-0.39, 0.29) is 22.9 Å². The second kappa shape index (κ2) is 9.73. The van der Waals surface area contributed by atoms with E-state index in [1.165, 1.54) is 12.1 Å². The maximum absolute atomic E-state index is 13.7. The van der Waals surface area contributed by atoms with Crippen LogP contribution >= 0.6 is 11.8 Å². The standard InChI is InChI=1S/C19H23FN4O4S/c1-11(27-15-10-6-5-9-14(15)20)17-23-24-19(28-17)29-12(2)16(25)22-18(26)21-13-7-3-4-8-13/h5-6,9-13H,3-4,7-8H2,1-2H3,(H2,21,22,25,26)/t11-,12+/m0/s1. The van der Waals surface area contributed by atoms with Crippen molar-refractivity contribution in [1.29, 1.82) is 0 Å². The van der Waals surface area contributed by atoms with E-state index in [9.17, 15) is 14.0 Å². The minimum atomic E-state index is -0.671. The van der Waals surface area contributed by atoms with Crippen LogP contribution in [0.3, 0.4) is 0 Å². The van der Waals surface area contributed by atoms with Crippen LogP contribution in [-0.4, -0.2) is 33.4 Å². The zero-order valence-electron chi connectivity index (χ0n) is 16.2. The topological polar surface area (TPSA) is 106 Å². The maximum atomic E-state index is 13.7. The molecule has 1 aliphatic rings. The molecule has 1 aliphatic carbocycles. The molecule has 10 heteroatoms. The number of urea groups is 1. The lowest BCUT2D eigenvalue weighted by molar-refractivity contribution is -0.119. The van der Waals surface area contributed by atoms with Gasteiger partial charge in [-0.15, -0.1) is 10.2 Å². The molecule has 0 bridgehead atoms. The molecule has 1 aromatic heterocycles. The number of nitrogens with zero attached hydrogens (tertiary/aromatic N) is 2. The van der Waals surface area contributed by atoms with Crippen LogP contribution in [0.5, 0.6) is 5.75 Å². The predicted molar refractivity (Wildman–Crippen MR) is 104 cm³/mol. The highest BCUT2D eigenvalue weighted by molar-refractivity contribution is 8.00. The van der Waals surface area contributed by atoms with Crippen LogP contribution in [0.1, 0.15) is 51.5 Å². The number of hydrogen-bond acceptors (Lipinski definition) is 7. The van der Waals surface area contributed by atoms with Gasteiger partial charge in [0.1, 0.15) is 0 Å². The van der Waals surface area contributed by atoms with Crippen molar-refractivity contribution < 1.29 is 23.1 Å². The summed E-state index contributed by atoms with van der Waals surface area (Å²) in [5.41, 5.74) is 0. The number of thioether (sulfide) groups is 1. The Morgan fingerprint density at radius 3 is 2.69 bits per heavy atom. The van der Waals surface area contributed by atoms with Gasteiger partial charge in [0.2, 0.25) is 5.91 Å². The van der Waals surface area contributed by atoms with E-state index in [1.807, 2.05) is 0 Å². The van der Waals surface area contributed by atoms with Crippen molar-refractivity contribution in [1.82, 2.24) is 20.8 Å². The van der Waals surface area contributed by atoms with Crippen LogP contribution in [0.25, 0.3) is 0 Å². The lowest BCUT2D eigenvalue weighted by Gasteiger charge is -2.14. The van der Waals surface area contributed by atoms with Crippen LogP contribution < -0.4 is 15.4 Å². The van der Waals surface area contributed by atoms with Gasteiger partial charge in [-0.25, -0.2) is 9.18 Å². The normalized spacial score (nSPS) is 16.2. The Kier molecular flexibility index (Phi) is 7.08. The summed E-state index contributed by atoms with van der Waals surface area (Å²) >= 11 is 1.02. The molecule has 2 N–H and O–H groups in total. The molecule has 0 aliphatic heterocycles. The van der Waals surface area contributed by atoms with Gasteiger partial charge in [-0.05, 0) is 38.8 Å². The van der Waals surface area contributed by atoms with Gasteiger partial charge >= 0.3 is 6.03 Å². The van der Waals surface area contributed by atoms with Crippen LogP contribution in [0.4, 0.5) is 9.18 Å². The Hall–Kier alpha value is -2.62. The smallest absolute Gasteiger partial charge is 0.321 e. The number of para-hydroxylation sites is 1. The molecule has 3 rings (SSSR count). The Balaban J connectivity index is 1.50. The van der Waals surface area contributed by atoms with E-state index in [0.29, 0.717) is 0 Å². The van der Waals surface area contributed by atoms with Crippen molar-refractivity contribution >= 4 is 23.7 Å². The van der Waals surface area contributed by atoms with E-state index >= 15 is 0 Å². The third-order valence-electron chi connectivity index (χ3n) is 4.48. The van der Waals surface area contributed by atoms with Gasteiger partial charge in [0.15, 0.2) is 17.7 Å². The van der Waals surface area contributed by atoms with Crippen molar-refractivity contribution in [2.45, 2.75) is 62.1 Å². The fraction of sp³-hybridized carbons (Fsp3) is 0.474. The molecule has 2 atom stereocenters. The number of benzene rings is 1. The highest BCUT2D eigenvalue weighted by Gasteiger charge is 2.24. The van der Waals surface area contributed by atoms with Crippen molar-refractivity contribution in [3.8, 4) is 5.75 Å². The predicted octanol–water partition coefficient (Wildman–Crippen LogP) is 3.60. The minimum Gasteiger partial charge on any atom is -0.478 e. The van der Waals surface area contributed by atoms with Gasteiger partial charge in [-0.2, -0.15) is 0 Å². The highest BCUT2D eigenvalue weighted by Crippen LogP contribution is 2.27. The minimum absolute atomic E-state index is 0.0772. The molecule has 3 amide bonds. The van der Waals surface area contributed by atoms with Crippen LogP contribution in [0.2, 0.25) is 0 Å². The van der Waals surface area contributed by atoms with Crippen molar-refractivity contribution in [3.63, 3.8) is 0 Å². The van der Waals surface area contributed by atoms with E-state index < -0.39 is 29.1 Å². The number of aromatic nitrogens is 2. The molecule has 0 spiro atoms. The zero-order chi connectivity index (χ0) is 20.8. The number of amides is 3. The third kappa shape index (κ3) is 5.93. The van der Waals surface area contributed by atoms with Crippen LogP contribution in [-0.2, 0) is 4.79 Å². The molecular weight excluding hydrogens is 399 g/mol. The Morgan fingerprint density at radius 1 is 1.24 bits per heavy atom. The summed E-state index contributed by atoms with van der Waals surface area (Å²) in [6.45, 7) is 3.28. The Morgan fingerprint density at radius 2 is 1.97 bits per heavy atom. The number of carbonyl (C=O) groups is 2. The molecule has 2 aromatic rings. The highest BCUT2D eigenvalue weighted by atomic mass is 32.2. The lowest BCUT2D eigenvalue weighted by atomic mass is 10.2. The maximum Gasteiger partial charge on any atom is 0.321 e. The average Bonchev–Trinajstić information content (AvgIpc) is 3.35. The molecule has 29 heavy (non-hydrogen) atoms. The second-order valence-electron chi connectivity index (χ2n) is 6.80. The molecule has 1 saturated carbocycles. The Labute approximate surface area is 172 Å². The number of nitrogens with one attached hydrogen (secondary N) is 2. The van der Waals surface area contributed by atoms with Crippen LogP contribution in [0.15, 0.2) is 33.9 Å². The van der Waals surface area contributed by atoms with Gasteiger partial charge in [0, 0.05) is 6.04 Å². The summed E-state index contributed by atoms with van der Waals surface area (Å²) in [5, 5.41) is 12.4. The first kappa shape index (κ1) is 21.1. The quantitative estimate of drug-likeness (QED) is 0.657. The average molecular weight is 422 g/mol. The van der Waals surface area contributed by atoms with Gasteiger partial charge < -0.3 is 14.5 Å². The molecule has 0 unspecified atom stereocenters. The summed E-state index contributed by atoms with van der Waals surface area (Å²) in [6.07, 6.45) is 3.37. The monoisotopic (exact) mass is 422 g/mol. The van der Waals surface area contributed by atoms with E-state index in [1.54, 1.807) is 26.0 Å². The first-order valence-corrected chi connectivity index (χ1v) is 10.3. The van der Waals surface area contributed by atoms with E-state index in [0.717, 1.165) is 37.4 Å². The van der Waals surface area contributed by atoms with Gasteiger partial charge in [0.05, 0.1) is 5.25 Å². The SMILES string of the molecule is C[C@H](Oc1ccccc1F)c1nnc(S[C@H](C)C(=O)NC(=O)NC2CCCC2)o1. The molecule has 0 radical (unpaired) electrons. The molecular formula is C19H23FN4O4S. The number of imide groups is 1. The number of ether oxygens (including phenoxy) is 1. The first-order chi connectivity index (χ1) is 13.9. The summed E-state index contributed by atoms with van der Waals surface area (Å²) < 4.78 is 24.7. The van der Waals surface area contributed by atoms with Crippen LogP contribution in [0, 0.1) is 5.82 Å².